The van der Waals surface area contributed by atoms with Crippen molar-refractivity contribution in [3.05, 3.63) is 0 Å². The molecule has 2 heteroatoms. The number of rotatable bonds is 1. The van der Waals surface area contributed by atoms with Crippen molar-refractivity contribution in [2.24, 2.45) is 11.7 Å². The third-order valence-corrected chi connectivity index (χ3v) is 2.53. The Kier molecular flexibility index (Phi) is 1.24. The monoisotopic (exact) mass is 127 g/mol. The van der Waals surface area contributed by atoms with E-state index in [1.165, 1.54) is 19.3 Å². The highest BCUT2D eigenvalue weighted by Crippen LogP contribution is 2.37. The Hall–Kier alpha value is -0.0800. The molecule has 0 aromatic carbocycles. The van der Waals surface area contributed by atoms with Crippen LogP contribution < -0.4 is 5.73 Å². The molecule has 2 saturated heterocycles. The Morgan fingerprint density at radius 3 is 2.67 bits per heavy atom. The third-order valence-electron chi connectivity index (χ3n) is 2.53. The van der Waals surface area contributed by atoms with Crippen LogP contribution in [0.15, 0.2) is 0 Å². The first kappa shape index (κ1) is 5.69. The van der Waals surface area contributed by atoms with E-state index in [9.17, 15) is 0 Å². The molecule has 2 aliphatic rings. The highest BCUT2D eigenvalue weighted by Gasteiger charge is 2.39. The zero-order valence-corrected chi connectivity index (χ0v) is 5.55. The van der Waals surface area contributed by atoms with Crippen LogP contribution in [0.3, 0.4) is 0 Å². The zero-order valence-electron chi connectivity index (χ0n) is 5.55. The van der Waals surface area contributed by atoms with Gasteiger partial charge in [-0.3, -0.25) is 0 Å². The lowest BCUT2D eigenvalue weighted by Gasteiger charge is -2.14. The lowest BCUT2D eigenvalue weighted by Crippen LogP contribution is -2.24. The summed E-state index contributed by atoms with van der Waals surface area (Å²) >= 11 is 0. The smallest absolute Gasteiger partial charge is 0.0621 e. The molecule has 3 atom stereocenters. The van der Waals surface area contributed by atoms with Gasteiger partial charge >= 0.3 is 0 Å². The Labute approximate surface area is 55.4 Å². The number of fused-ring (bicyclic) bond motifs is 2. The maximum absolute atomic E-state index is 5.60. The van der Waals surface area contributed by atoms with Crippen LogP contribution in [-0.4, -0.2) is 18.8 Å². The molecule has 9 heavy (non-hydrogen) atoms. The fourth-order valence-corrected chi connectivity index (χ4v) is 1.99. The predicted octanol–water partition coefficient (Wildman–Crippen LogP) is 0.513. The van der Waals surface area contributed by atoms with E-state index < -0.39 is 0 Å². The SMILES string of the molecule is NCC1C[C@@H]2CC[C@H]1O2. The molecule has 2 bridgehead atoms. The van der Waals surface area contributed by atoms with Crippen molar-refractivity contribution in [2.75, 3.05) is 6.54 Å². The lowest BCUT2D eigenvalue weighted by atomic mass is 9.89. The van der Waals surface area contributed by atoms with Gasteiger partial charge in [-0.05, 0) is 31.7 Å². The van der Waals surface area contributed by atoms with Crippen molar-refractivity contribution in [2.45, 2.75) is 31.5 Å². The van der Waals surface area contributed by atoms with E-state index in [1.807, 2.05) is 0 Å². The minimum Gasteiger partial charge on any atom is -0.375 e. The summed E-state index contributed by atoms with van der Waals surface area (Å²) in [4.78, 5) is 0. The van der Waals surface area contributed by atoms with Crippen LogP contribution in [0.5, 0.6) is 0 Å². The molecule has 0 saturated carbocycles. The van der Waals surface area contributed by atoms with E-state index in [0.717, 1.165) is 6.54 Å². The number of ether oxygens (including phenoxy) is 1. The van der Waals surface area contributed by atoms with Gasteiger partial charge in [0.25, 0.3) is 0 Å². The van der Waals surface area contributed by atoms with Crippen LogP contribution >= 0.6 is 0 Å². The quantitative estimate of drug-likeness (QED) is 0.557. The predicted molar refractivity (Wildman–Crippen MR) is 35.1 cm³/mol. The highest BCUT2D eigenvalue weighted by molar-refractivity contribution is 4.89. The molecule has 0 spiro atoms. The molecule has 2 rings (SSSR count). The van der Waals surface area contributed by atoms with Gasteiger partial charge in [0.1, 0.15) is 0 Å². The van der Waals surface area contributed by atoms with Crippen LogP contribution in [0.25, 0.3) is 0 Å². The van der Waals surface area contributed by atoms with Gasteiger partial charge in [0.2, 0.25) is 0 Å². The largest absolute Gasteiger partial charge is 0.375 e. The zero-order chi connectivity index (χ0) is 6.27. The third kappa shape index (κ3) is 0.775. The van der Waals surface area contributed by atoms with E-state index in [-0.39, 0.29) is 0 Å². The number of nitrogens with two attached hydrogens (primary N) is 1. The first-order chi connectivity index (χ1) is 4.40. The van der Waals surface area contributed by atoms with Crippen molar-refractivity contribution < 1.29 is 4.74 Å². The molecule has 2 N–H and O–H groups in total. The Balaban J connectivity index is 2.01. The normalized spacial score (nSPS) is 48.3. The summed E-state index contributed by atoms with van der Waals surface area (Å²) in [5, 5.41) is 0. The summed E-state index contributed by atoms with van der Waals surface area (Å²) in [6.07, 6.45) is 4.86. The molecule has 2 fully saturated rings. The number of hydrogen-bond donors (Lipinski definition) is 1. The van der Waals surface area contributed by atoms with Crippen LogP contribution in [-0.2, 0) is 4.74 Å². The Bertz CT molecular complexity index is 115. The first-order valence-electron chi connectivity index (χ1n) is 3.75. The molecule has 0 aliphatic carbocycles. The molecule has 0 aromatic rings. The van der Waals surface area contributed by atoms with Gasteiger partial charge in [0, 0.05) is 0 Å². The summed E-state index contributed by atoms with van der Waals surface area (Å²) in [6.45, 7) is 0.821. The van der Waals surface area contributed by atoms with Gasteiger partial charge in [-0.1, -0.05) is 0 Å². The van der Waals surface area contributed by atoms with Crippen molar-refractivity contribution in [3.8, 4) is 0 Å². The van der Waals surface area contributed by atoms with E-state index in [4.69, 9.17) is 10.5 Å². The van der Waals surface area contributed by atoms with E-state index >= 15 is 0 Å². The van der Waals surface area contributed by atoms with Crippen LogP contribution in [0.4, 0.5) is 0 Å². The van der Waals surface area contributed by atoms with Gasteiger partial charge in [0.05, 0.1) is 12.2 Å². The first-order valence-corrected chi connectivity index (χ1v) is 3.75. The molecular formula is C7H13NO. The lowest BCUT2D eigenvalue weighted by molar-refractivity contribution is 0.0936. The molecule has 0 aromatic heterocycles. The average Bonchev–Trinajstić information content (AvgIpc) is 2.45. The fraction of sp³-hybridized carbons (Fsp3) is 1.00. The summed E-state index contributed by atoms with van der Waals surface area (Å²) in [5.41, 5.74) is 5.54. The molecule has 2 aliphatic heterocycles. The summed E-state index contributed by atoms with van der Waals surface area (Å²) in [7, 11) is 0. The van der Waals surface area contributed by atoms with Crippen molar-refractivity contribution in [3.63, 3.8) is 0 Å². The molecule has 2 heterocycles. The second-order valence-electron chi connectivity index (χ2n) is 3.11. The molecular weight excluding hydrogens is 114 g/mol. The molecule has 52 valence electrons. The van der Waals surface area contributed by atoms with Gasteiger partial charge in [0.15, 0.2) is 0 Å². The Morgan fingerprint density at radius 1 is 1.44 bits per heavy atom. The van der Waals surface area contributed by atoms with E-state index in [1.54, 1.807) is 0 Å². The topological polar surface area (TPSA) is 35.2 Å². The molecule has 0 amide bonds. The average molecular weight is 127 g/mol. The maximum atomic E-state index is 5.60. The summed E-state index contributed by atoms with van der Waals surface area (Å²) in [5.74, 6) is 0.684. The Morgan fingerprint density at radius 2 is 2.33 bits per heavy atom. The van der Waals surface area contributed by atoms with Gasteiger partial charge in [-0.25, -0.2) is 0 Å². The minimum atomic E-state index is 0.528. The van der Waals surface area contributed by atoms with E-state index in [2.05, 4.69) is 0 Å². The van der Waals surface area contributed by atoms with Crippen molar-refractivity contribution in [1.82, 2.24) is 0 Å². The van der Waals surface area contributed by atoms with Gasteiger partial charge in [-0.2, -0.15) is 0 Å². The molecule has 1 unspecified atom stereocenters. The standard InChI is InChI=1S/C7H13NO/c8-4-5-3-6-1-2-7(5)9-6/h5-7H,1-4,8H2/t5?,6-,7+/m0/s1. The highest BCUT2D eigenvalue weighted by atomic mass is 16.5. The second kappa shape index (κ2) is 1.96. The summed E-state index contributed by atoms with van der Waals surface area (Å²) in [6, 6.07) is 0. The fourth-order valence-electron chi connectivity index (χ4n) is 1.99. The van der Waals surface area contributed by atoms with Gasteiger partial charge < -0.3 is 10.5 Å². The van der Waals surface area contributed by atoms with Gasteiger partial charge in [-0.15, -0.1) is 0 Å². The van der Waals surface area contributed by atoms with E-state index in [0.29, 0.717) is 18.1 Å². The van der Waals surface area contributed by atoms with Crippen LogP contribution in [0, 0.1) is 5.92 Å². The maximum Gasteiger partial charge on any atom is 0.0621 e. The minimum absolute atomic E-state index is 0.528. The van der Waals surface area contributed by atoms with Crippen LogP contribution in [0.2, 0.25) is 0 Å². The second-order valence-corrected chi connectivity index (χ2v) is 3.11. The van der Waals surface area contributed by atoms with Crippen molar-refractivity contribution in [1.29, 1.82) is 0 Å². The number of hydrogen-bond acceptors (Lipinski definition) is 2. The van der Waals surface area contributed by atoms with Crippen molar-refractivity contribution >= 4 is 0 Å². The molecule has 0 radical (unpaired) electrons. The molecule has 2 nitrogen and oxygen atoms in total. The summed E-state index contributed by atoms with van der Waals surface area (Å²) < 4.78 is 5.60. The van der Waals surface area contributed by atoms with Crippen LogP contribution in [0.1, 0.15) is 19.3 Å².